The lowest BCUT2D eigenvalue weighted by Crippen LogP contribution is -2.09. The topological polar surface area (TPSA) is 87.9 Å². The van der Waals surface area contributed by atoms with Gasteiger partial charge in [-0.15, -0.1) is 0 Å². The maximum absolute atomic E-state index is 12.7. The smallest absolute Gasteiger partial charge is 0.326 e. The normalized spacial score (nSPS) is 10.0. The van der Waals surface area contributed by atoms with E-state index in [1.165, 1.54) is 27.4 Å². The van der Waals surface area contributed by atoms with Crippen LogP contribution in [0.1, 0.15) is 15.9 Å². The number of hydrogen-bond donors (Lipinski definition) is 0. The van der Waals surface area contributed by atoms with Crippen molar-refractivity contribution in [3.63, 3.8) is 0 Å². The standard InChI is InChI=1S/C16H15NO6/c1-21-12-9-11(14(18)10-7-5-4-6-8-10)13(17(19)20)16(23-3)15(12)22-2/h4-9H,1-3H3. The first-order valence-corrected chi connectivity index (χ1v) is 6.62. The molecule has 0 amide bonds. The van der Waals surface area contributed by atoms with Crippen LogP contribution < -0.4 is 14.2 Å². The number of nitro benzene ring substituents is 1. The van der Waals surface area contributed by atoms with E-state index in [9.17, 15) is 14.9 Å². The van der Waals surface area contributed by atoms with E-state index in [4.69, 9.17) is 14.2 Å². The molecule has 0 radical (unpaired) electrons. The summed E-state index contributed by atoms with van der Waals surface area (Å²) in [5.74, 6) is -0.423. The molecule has 0 N–H and O–H groups in total. The van der Waals surface area contributed by atoms with Crippen molar-refractivity contribution in [3.8, 4) is 17.2 Å². The molecule has 0 aromatic heterocycles. The quantitative estimate of drug-likeness (QED) is 0.462. The van der Waals surface area contributed by atoms with Crippen molar-refractivity contribution < 1.29 is 23.9 Å². The molecule has 120 valence electrons. The van der Waals surface area contributed by atoms with Crippen LogP contribution in [0, 0.1) is 10.1 Å². The van der Waals surface area contributed by atoms with Crippen LogP contribution in [0.3, 0.4) is 0 Å². The summed E-state index contributed by atoms with van der Waals surface area (Å²) in [6.07, 6.45) is 0. The fourth-order valence-electron chi connectivity index (χ4n) is 2.24. The largest absolute Gasteiger partial charge is 0.493 e. The maximum atomic E-state index is 12.7. The summed E-state index contributed by atoms with van der Waals surface area (Å²) in [4.78, 5) is 23.5. The predicted octanol–water partition coefficient (Wildman–Crippen LogP) is 2.85. The summed E-state index contributed by atoms with van der Waals surface area (Å²) in [6.45, 7) is 0. The number of benzene rings is 2. The number of nitrogens with zero attached hydrogens (tertiary/aromatic N) is 1. The number of carbonyl (C=O) groups is 1. The van der Waals surface area contributed by atoms with E-state index in [0.29, 0.717) is 5.56 Å². The molecule has 0 aliphatic rings. The zero-order valence-electron chi connectivity index (χ0n) is 12.9. The third-order valence-electron chi connectivity index (χ3n) is 3.27. The van der Waals surface area contributed by atoms with Crippen molar-refractivity contribution in [2.75, 3.05) is 21.3 Å². The first-order valence-electron chi connectivity index (χ1n) is 6.62. The highest BCUT2D eigenvalue weighted by atomic mass is 16.6. The van der Waals surface area contributed by atoms with E-state index in [1.54, 1.807) is 30.3 Å². The van der Waals surface area contributed by atoms with Gasteiger partial charge in [0, 0.05) is 11.6 Å². The minimum absolute atomic E-state index is 0.0614. The molecule has 2 aromatic rings. The van der Waals surface area contributed by atoms with Crippen molar-refractivity contribution in [1.82, 2.24) is 0 Å². The van der Waals surface area contributed by atoms with Gasteiger partial charge in [0.05, 0.1) is 26.3 Å². The predicted molar refractivity (Wildman–Crippen MR) is 82.6 cm³/mol. The number of ether oxygens (including phenoxy) is 3. The van der Waals surface area contributed by atoms with E-state index in [1.807, 2.05) is 0 Å². The highest BCUT2D eigenvalue weighted by Crippen LogP contribution is 2.46. The molecule has 7 nitrogen and oxygen atoms in total. The first kappa shape index (κ1) is 16.3. The second-order valence-electron chi connectivity index (χ2n) is 4.49. The summed E-state index contributed by atoms with van der Waals surface area (Å²) in [5, 5.41) is 11.5. The number of methoxy groups -OCH3 is 3. The van der Waals surface area contributed by atoms with E-state index < -0.39 is 16.4 Å². The molecule has 2 aromatic carbocycles. The summed E-state index contributed by atoms with van der Waals surface area (Å²) in [7, 11) is 3.98. The fourth-order valence-corrected chi connectivity index (χ4v) is 2.24. The first-order chi connectivity index (χ1) is 11.0. The van der Waals surface area contributed by atoms with Gasteiger partial charge in [-0.2, -0.15) is 0 Å². The number of rotatable bonds is 6. The molecule has 0 unspecified atom stereocenters. The van der Waals surface area contributed by atoms with Crippen molar-refractivity contribution in [2.45, 2.75) is 0 Å². The van der Waals surface area contributed by atoms with Crippen LogP contribution in [0.2, 0.25) is 0 Å². The second kappa shape index (κ2) is 6.78. The Morgan fingerprint density at radius 1 is 1.00 bits per heavy atom. The van der Waals surface area contributed by atoms with Crippen LogP contribution in [0.15, 0.2) is 36.4 Å². The molecule has 0 spiro atoms. The highest BCUT2D eigenvalue weighted by molar-refractivity contribution is 6.12. The van der Waals surface area contributed by atoms with Crippen LogP contribution in [-0.4, -0.2) is 32.0 Å². The second-order valence-corrected chi connectivity index (χ2v) is 4.49. The average Bonchev–Trinajstić information content (AvgIpc) is 2.59. The van der Waals surface area contributed by atoms with Gasteiger partial charge in [0.1, 0.15) is 5.56 Å². The van der Waals surface area contributed by atoms with Gasteiger partial charge in [-0.25, -0.2) is 0 Å². The van der Waals surface area contributed by atoms with Gasteiger partial charge >= 0.3 is 5.69 Å². The fraction of sp³-hybridized carbons (Fsp3) is 0.188. The van der Waals surface area contributed by atoms with E-state index in [2.05, 4.69) is 0 Å². The molecule has 23 heavy (non-hydrogen) atoms. The number of hydrogen-bond acceptors (Lipinski definition) is 6. The zero-order valence-corrected chi connectivity index (χ0v) is 12.9. The van der Waals surface area contributed by atoms with Gasteiger partial charge in [0.25, 0.3) is 0 Å². The van der Waals surface area contributed by atoms with Gasteiger partial charge in [0.2, 0.25) is 11.5 Å². The molecule has 0 saturated heterocycles. The van der Waals surface area contributed by atoms with Crippen molar-refractivity contribution in [2.24, 2.45) is 0 Å². The number of carbonyl (C=O) groups excluding carboxylic acids is 1. The third kappa shape index (κ3) is 2.94. The molecule has 0 atom stereocenters. The Balaban J connectivity index is 2.76. The summed E-state index contributed by atoms with van der Waals surface area (Å²) in [6, 6.07) is 9.55. The summed E-state index contributed by atoms with van der Waals surface area (Å²) in [5.41, 5.74) is -0.264. The molecule has 0 aliphatic carbocycles. The molecule has 0 fully saturated rings. The van der Waals surface area contributed by atoms with Crippen LogP contribution in [0.25, 0.3) is 0 Å². The van der Waals surface area contributed by atoms with Gasteiger partial charge in [-0.3, -0.25) is 14.9 Å². The van der Waals surface area contributed by atoms with Crippen LogP contribution in [0.4, 0.5) is 5.69 Å². The zero-order chi connectivity index (χ0) is 17.0. The molecule has 0 aliphatic heterocycles. The van der Waals surface area contributed by atoms with Crippen molar-refractivity contribution in [1.29, 1.82) is 0 Å². The van der Waals surface area contributed by atoms with Crippen LogP contribution >= 0.6 is 0 Å². The average molecular weight is 317 g/mol. The van der Waals surface area contributed by atoms with Gasteiger partial charge in [-0.05, 0) is 0 Å². The van der Waals surface area contributed by atoms with Crippen LogP contribution in [-0.2, 0) is 0 Å². The third-order valence-corrected chi connectivity index (χ3v) is 3.27. The Morgan fingerprint density at radius 3 is 2.09 bits per heavy atom. The molecule has 0 bridgehead atoms. The van der Waals surface area contributed by atoms with Gasteiger partial charge < -0.3 is 14.2 Å². The number of nitro groups is 1. The minimum atomic E-state index is -0.670. The van der Waals surface area contributed by atoms with E-state index in [-0.39, 0.29) is 22.8 Å². The van der Waals surface area contributed by atoms with Crippen molar-refractivity contribution >= 4 is 11.5 Å². The molecule has 7 heteroatoms. The minimum Gasteiger partial charge on any atom is -0.493 e. The molecule has 2 rings (SSSR count). The Hall–Kier alpha value is -3.09. The highest BCUT2D eigenvalue weighted by Gasteiger charge is 2.32. The summed E-state index contributed by atoms with van der Waals surface area (Å²) < 4.78 is 15.4. The molecular weight excluding hydrogens is 302 g/mol. The van der Waals surface area contributed by atoms with Crippen molar-refractivity contribution in [3.05, 3.63) is 57.6 Å². The Kier molecular flexibility index (Phi) is 4.80. The van der Waals surface area contributed by atoms with E-state index in [0.717, 1.165) is 0 Å². The molecule has 0 saturated carbocycles. The Bertz CT molecular complexity index is 742. The lowest BCUT2D eigenvalue weighted by Gasteiger charge is -2.14. The van der Waals surface area contributed by atoms with Gasteiger partial charge in [-0.1, -0.05) is 30.3 Å². The molecule has 0 heterocycles. The Morgan fingerprint density at radius 2 is 1.61 bits per heavy atom. The van der Waals surface area contributed by atoms with Crippen LogP contribution in [0.5, 0.6) is 17.2 Å². The monoisotopic (exact) mass is 317 g/mol. The number of ketones is 1. The van der Waals surface area contributed by atoms with E-state index >= 15 is 0 Å². The maximum Gasteiger partial charge on any atom is 0.326 e. The van der Waals surface area contributed by atoms with Gasteiger partial charge in [0.15, 0.2) is 11.5 Å². The summed E-state index contributed by atoms with van der Waals surface area (Å²) >= 11 is 0. The lowest BCUT2D eigenvalue weighted by atomic mass is 10.0. The Labute approximate surface area is 132 Å². The lowest BCUT2D eigenvalue weighted by molar-refractivity contribution is -0.386. The SMILES string of the molecule is COc1cc(C(=O)c2ccccc2)c([N+](=O)[O-])c(OC)c1OC. The molecular formula is C16H15NO6.